The molecule has 0 aliphatic carbocycles. The first-order valence-electron chi connectivity index (χ1n) is 11.9. The van der Waals surface area contributed by atoms with Gasteiger partial charge in [-0.15, -0.1) is 0 Å². The number of anilines is 1. The molecule has 0 saturated carbocycles. The zero-order valence-corrected chi connectivity index (χ0v) is 23.2. The van der Waals surface area contributed by atoms with Crippen molar-refractivity contribution in [3.63, 3.8) is 0 Å². The molecule has 1 aliphatic heterocycles. The fraction of sp³-hybridized carbons (Fsp3) is 0.440. The smallest absolute Gasteiger partial charge is 0.260 e. The summed E-state index contributed by atoms with van der Waals surface area (Å²) in [6, 6.07) is 12.0. The van der Waals surface area contributed by atoms with Crippen molar-refractivity contribution < 1.29 is 30.4 Å². The minimum atomic E-state index is -3.52. The highest BCUT2D eigenvalue weighted by atomic mass is 35.5. The lowest BCUT2D eigenvalue weighted by Crippen LogP contribution is -3.00. The molecule has 3 aromatic rings. The molecule has 2 aromatic carbocycles. The number of nitrogens with zero attached hydrogens (tertiary/aromatic N) is 4. The maximum absolute atomic E-state index is 13.6. The summed E-state index contributed by atoms with van der Waals surface area (Å²) in [7, 11) is 0.475. The highest BCUT2D eigenvalue weighted by Gasteiger charge is 2.28. The molecule has 0 N–H and O–H groups in total. The standard InChI is InChI=1S/C25H32N4O4S2.ClH/c1-4-33-20-10-13-22-23(18-20)34-25(26-22)29(17-7-14-27(2)3)24(30)19-8-11-21(12-9-19)35(31,32)28-15-5-6-16-28;/h8-13,18H,4-7,14-17H2,1-3H3;1H/p-1. The van der Waals surface area contributed by atoms with E-state index >= 15 is 0 Å². The topological polar surface area (TPSA) is 83.0 Å². The van der Waals surface area contributed by atoms with Crippen LogP contribution in [0.15, 0.2) is 47.4 Å². The summed E-state index contributed by atoms with van der Waals surface area (Å²) in [6.45, 7) is 4.95. The molecule has 0 radical (unpaired) electrons. The van der Waals surface area contributed by atoms with Crippen LogP contribution in [-0.4, -0.2) is 75.4 Å². The molecule has 1 aliphatic rings. The van der Waals surface area contributed by atoms with E-state index in [0.29, 0.717) is 36.9 Å². The van der Waals surface area contributed by atoms with Gasteiger partial charge in [-0.2, -0.15) is 4.31 Å². The van der Waals surface area contributed by atoms with Crippen LogP contribution in [0.2, 0.25) is 0 Å². The molecule has 11 heteroatoms. The first-order chi connectivity index (χ1) is 16.8. The highest BCUT2D eigenvalue weighted by Crippen LogP contribution is 2.32. The predicted octanol–water partition coefficient (Wildman–Crippen LogP) is 1.08. The largest absolute Gasteiger partial charge is 1.00 e. The third kappa shape index (κ3) is 6.36. The fourth-order valence-corrected chi connectivity index (χ4v) is 6.63. The summed E-state index contributed by atoms with van der Waals surface area (Å²) in [4.78, 5) is 22.3. The van der Waals surface area contributed by atoms with Crippen LogP contribution >= 0.6 is 11.3 Å². The molecule has 4 rings (SSSR count). The summed E-state index contributed by atoms with van der Waals surface area (Å²) >= 11 is 1.45. The Bertz CT molecular complexity index is 1270. The van der Waals surface area contributed by atoms with Crippen molar-refractivity contribution in [1.82, 2.24) is 14.2 Å². The van der Waals surface area contributed by atoms with Gasteiger partial charge in [-0.05, 0) is 89.3 Å². The van der Waals surface area contributed by atoms with Crippen LogP contribution in [0.3, 0.4) is 0 Å². The highest BCUT2D eigenvalue weighted by molar-refractivity contribution is 7.89. The summed E-state index contributed by atoms with van der Waals surface area (Å²) in [5, 5.41) is 0.617. The number of carbonyl (C=O) groups is 1. The van der Waals surface area contributed by atoms with E-state index in [9.17, 15) is 13.2 Å². The third-order valence-corrected chi connectivity index (χ3v) is 8.88. The molecule has 36 heavy (non-hydrogen) atoms. The van der Waals surface area contributed by atoms with Crippen LogP contribution in [0.4, 0.5) is 5.13 Å². The molecule has 1 amide bonds. The van der Waals surface area contributed by atoms with E-state index in [2.05, 4.69) is 4.90 Å². The molecule has 1 aromatic heterocycles. The second-order valence-corrected chi connectivity index (χ2v) is 11.8. The van der Waals surface area contributed by atoms with Crippen molar-refractivity contribution in [2.75, 3.05) is 51.8 Å². The van der Waals surface area contributed by atoms with Gasteiger partial charge in [0.1, 0.15) is 5.75 Å². The average molecular weight is 552 g/mol. The normalized spacial score (nSPS) is 14.2. The summed E-state index contributed by atoms with van der Waals surface area (Å²) in [5.41, 5.74) is 1.25. The van der Waals surface area contributed by atoms with Gasteiger partial charge in [-0.3, -0.25) is 9.69 Å². The first kappa shape index (κ1) is 28.3. The van der Waals surface area contributed by atoms with Crippen molar-refractivity contribution in [3.8, 4) is 5.75 Å². The quantitative estimate of drug-likeness (QED) is 0.375. The minimum absolute atomic E-state index is 0. The lowest BCUT2D eigenvalue weighted by molar-refractivity contribution is -0.0000178. The van der Waals surface area contributed by atoms with Gasteiger partial charge in [0, 0.05) is 25.2 Å². The van der Waals surface area contributed by atoms with Crippen molar-refractivity contribution in [3.05, 3.63) is 48.0 Å². The van der Waals surface area contributed by atoms with Gasteiger partial charge < -0.3 is 22.0 Å². The van der Waals surface area contributed by atoms with Crippen LogP contribution in [0.1, 0.15) is 36.5 Å². The number of halogens is 1. The maximum atomic E-state index is 13.6. The predicted molar refractivity (Wildman–Crippen MR) is 140 cm³/mol. The minimum Gasteiger partial charge on any atom is -1.00 e. The number of hydrogen-bond acceptors (Lipinski definition) is 7. The zero-order valence-electron chi connectivity index (χ0n) is 20.8. The lowest BCUT2D eigenvalue weighted by atomic mass is 10.2. The molecule has 196 valence electrons. The molecule has 8 nitrogen and oxygen atoms in total. The van der Waals surface area contributed by atoms with Gasteiger partial charge in [-0.25, -0.2) is 13.4 Å². The Hall–Kier alpha value is -2.24. The van der Waals surface area contributed by atoms with Gasteiger partial charge in [0.2, 0.25) is 10.0 Å². The molecule has 2 heterocycles. The van der Waals surface area contributed by atoms with Gasteiger partial charge in [0.15, 0.2) is 5.13 Å². The molecule has 1 fully saturated rings. The van der Waals surface area contributed by atoms with Gasteiger partial charge in [0.05, 0.1) is 21.7 Å². The maximum Gasteiger partial charge on any atom is 0.260 e. The number of benzene rings is 2. The van der Waals surface area contributed by atoms with E-state index in [1.165, 1.54) is 27.8 Å². The number of thiazole rings is 1. The Labute approximate surface area is 223 Å². The second-order valence-electron chi connectivity index (χ2n) is 8.81. The van der Waals surface area contributed by atoms with E-state index in [1.807, 2.05) is 39.2 Å². The Balaban J connectivity index is 0.00000361. The van der Waals surface area contributed by atoms with Gasteiger partial charge in [-0.1, -0.05) is 11.3 Å². The summed E-state index contributed by atoms with van der Waals surface area (Å²) in [5.74, 6) is 0.577. The third-order valence-electron chi connectivity index (χ3n) is 5.93. The molecular formula is C25H32ClN4O4S2-. The Morgan fingerprint density at radius 3 is 2.42 bits per heavy atom. The van der Waals surface area contributed by atoms with Gasteiger partial charge in [0.25, 0.3) is 5.91 Å². The lowest BCUT2D eigenvalue weighted by Gasteiger charge is -2.21. The van der Waals surface area contributed by atoms with E-state index in [4.69, 9.17) is 9.72 Å². The van der Waals surface area contributed by atoms with Crippen LogP contribution in [0.25, 0.3) is 10.2 Å². The van der Waals surface area contributed by atoms with E-state index in [-0.39, 0.29) is 23.2 Å². The number of hydrogen-bond donors (Lipinski definition) is 0. The van der Waals surface area contributed by atoms with Crippen LogP contribution in [0, 0.1) is 0 Å². The van der Waals surface area contributed by atoms with Crippen LogP contribution < -0.4 is 22.0 Å². The first-order valence-corrected chi connectivity index (χ1v) is 14.2. The van der Waals surface area contributed by atoms with E-state index < -0.39 is 10.0 Å². The second kappa shape index (κ2) is 12.3. The zero-order chi connectivity index (χ0) is 25.0. The fourth-order valence-electron chi connectivity index (χ4n) is 4.10. The van der Waals surface area contributed by atoms with E-state index in [1.54, 1.807) is 17.0 Å². The Morgan fingerprint density at radius 2 is 1.78 bits per heavy atom. The van der Waals surface area contributed by atoms with Crippen molar-refractivity contribution in [1.29, 1.82) is 0 Å². The summed E-state index contributed by atoms with van der Waals surface area (Å²) in [6.07, 6.45) is 2.54. The number of fused-ring (bicyclic) bond motifs is 1. The molecule has 0 bridgehead atoms. The average Bonchev–Trinajstić information content (AvgIpc) is 3.52. The molecule has 1 saturated heterocycles. The van der Waals surface area contributed by atoms with E-state index in [0.717, 1.165) is 41.8 Å². The molecule has 0 unspecified atom stereocenters. The number of aromatic nitrogens is 1. The molecule has 0 atom stereocenters. The molecule has 0 spiro atoms. The number of carbonyl (C=O) groups excluding carboxylic acids is 1. The van der Waals surface area contributed by atoms with Gasteiger partial charge >= 0.3 is 0 Å². The number of ether oxygens (including phenoxy) is 1. The molecular weight excluding hydrogens is 520 g/mol. The van der Waals surface area contributed by atoms with Crippen LogP contribution in [0.5, 0.6) is 5.75 Å². The van der Waals surface area contributed by atoms with Crippen molar-refractivity contribution in [2.24, 2.45) is 0 Å². The SMILES string of the molecule is CCOc1ccc2nc(N(CCCN(C)C)C(=O)c3ccc(S(=O)(=O)N4CCCC4)cc3)sc2c1.[Cl-]. The van der Waals surface area contributed by atoms with Crippen molar-refractivity contribution >= 4 is 42.6 Å². The van der Waals surface area contributed by atoms with Crippen molar-refractivity contribution in [2.45, 2.75) is 31.1 Å². The van der Waals surface area contributed by atoms with Crippen LogP contribution in [-0.2, 0) is 10.0 Å². The monoisotopic (exact) mass is 551 g/mol. The number of rotatable bonds is 10. The number of sulfonamides is 1. The number of amides is 1. The summed E-state index contributed by atoms with van der Waals surface area (Å²) < 4.78 is 33.8. The Kier molecular flexibility index (Phi) is 9.71. The Morgan fingerprint density at radius 1 is 1.08 bits per heavy atom.